The van der Waals surface area contributed by atoms with Crippen molar-refractivity contribution in [1.82, 2.24) is 10.6 Å². The predicted molar refractivity (Wildman–Crippen MR) is 70.8 cm³/mol. The average molecular weight is 249 g/mol. The van der Waals surface area contributed by atoms with Crippen molar-refractivity contribution in [3.05, 3.63) is 29.8 Å². The van der Waals surface area contributed by atoms with Gasteiger partial charge >= 0.3 is 6.03 Å². The van der Waals surface area contributed by atoms with Crippen LogP contribution in [0.5, 0.6) is 0 Å². The minimum atomic E-state index is -0.189. The van der Waals surface area contributed by atoms with Gasteiger partial charge in [-0.2, -0.15) is 0 Å². The van der Waals surface area contributed by atoms with Crippen molar-refractivity contribution in [2.24, 2.45) is 0 Å². The highest BCUT2D eigenvalue weighted by atomic mass is 16.5. The second-order valence-corrected chi connectivity index (χ2v) is 4.43. The number of nitrogens with one attached hydrogen (secondary N) is 3. The first-order valence-corrected chi connectivity index (χ1v) is 6.17. The maximum Gasteiger partial charge on any atom is 0.319 e. The Morgan fingerprint density at radius 1 is 1.44 bits per heavy atom. The molecule has 2 amide bonds. The molecule has 0 radical (unpaired) electrons. The SMILES string of the molecule is Cc1ccc(NC(=O)NCC2COCCN2)cc1. The molecule has 1 heterocycles. The van der Waals surface area contributed by atoms with Crippen molar-refractivity contribution in [3.8, 4) is 0 Å². The fourth-order valence-electron chi connectivity index (χ4n) is 1.78. The van der Waals surface area contributed by atoms with E-state index in [1.807, 2.05) is 31.2 Å². The molecule has 18 heavy (non-hydrogen) atoms. The first-order valence-electron chi connectivity index (χ1n) is 6.17. The summed E-state index contributed by atoms with van der Waals surface area (Å²) in [5.41, 5.74) is 1.97. The van der Waals surface area contributed by atoms with E-state index in [2.05, 4.69) is 16.0 Å². The molecule has 1 aromatic rings. The number of urea groups is 1. The van der Waals surface area contributed by atoms with E-state index >= 15 is 0 Å². The quantitative estimate of drug-likeness (QED) is 0.752. The Hall–Kier alpha value is -1.59. The normalized spacial score (nSPS) is 19.3. The Labute approximate surface area is 107 Å². The Kier molecular flexibility index (Phi) is 4.55. The summed E-state index contributed by atoms with van der Waals surface area (Å²) in [4.78, 5) is 11.6. The second-order valence-electron chi connectivity index (χ2n) is 4.43. The zero-order chi connectivity index (χ0) is 12.8. The van der Waals surface area contributed by atoms with Crippen LogP contribution in [0.4, 0.5) is 10.5 Å². The van der Waals surface area contributed by atoms with Crippen LogP contribution < -0.4 is 16.0 Å². The number of carbonyl (C=O) groups is 1. The largest absolute Gasteiger partial charge is 0.378 e. The van der Waals surface area contributed by atoms with Crippen molar-refractivity contribution in [3.63, 3.8) is 0 Å². The van der Waals surface area contributed by atoms with Gasteiger partial charge in [-0.1, -0.05) is 17.7 Å². The number of aryl methyl sites for hydroxylation is 1. The summed E-state index contributed by atoms with van der Waals surface area (Å²) in [6.45, 7) is 4.80. The van der Waals surface area contributed by atoms with Crippen LogP contribution in [0.15, 0.2) is 24.3 Å². The highest BCUT2D eigenvalue weighted by molar-refractivity contribution is 5.89. The van der Waals surface area contributed by atoms with Gasteiger partial charge < -0.3 is 20.7 Å². The third kappa shape index (κ3) is 4.01. The molecule has 1 aliphatic rings. The van der Waals surface area contributed by atoms with E-state index in [-0.39, 0.29) is 12.1 Å². The first kappa shape index (κ1) is 12.9. The summed E-state index contributed by atoms with van der Waals surface area (Å²) < 4.78 is 5.31. The van der Waals surface area contributed by atoms with Gasteiger partial charge in [0.2, 0.25) is 0 Å². The van der Waals surface area contributed by atoms with Crippen LogP contribution in [0.1, 0.15) is 5.56 Å². The Balaban J connectivity index is 1.73. The number of hydrogen-bond donors (Lipinski definition) is 3. The molecule has 2 rings (SSSR count). The number of amides is 2. The number of hydrogen-bond acceptors (Lipinski definition) is 3. The highest BCUT2D eigenvalue weighted by Crippen LogP contribution is 2.07. The molecule has 1 atom stereocenters. The summed E-state index contributed by atoms with van der Waals surface area (Å²) >= 11 is 0. The third-order valence-corrected chi connectivity index (χ3v) is 2.82. The lowest BCUT2D eigenvalue weighted by Crippen LogP contribution is -2.49. The molecule has 0 spiro atoms. The monoisotopic (exact) mass is 249 g/mol. The van der Waals surface area contributed by atoms with Crippen molar-refractivity contribution in [2.45, 2.75) is 13.0 Å². The minimum absolute atomic E-state index is 0.189. The number of morpholine rings is 1. The van der Waals surface area contributed by atoms with Gasteiger partial charge in [0.05, 0.1) is 13.2 Å². The average Bonchev–Trinajstić information content (AvgIpc) is 2.40. The summed E-state index contributed by atoms with van der Waals surface area (Å²) in [5, 5.41) is 8.89. The standard InChI is InChI=1S/C13H19N3O2/c1-10-2-4-11(5-3-10)16-13(17)15-8-12-9-18-7-6-14-12/h2-5,12,14H,6-9H2,1H3,(H2,15,16,17). The van der Waals surface area contributed by atoms with E-state index in [0.29, 0.717) is 13.2 Å². The maximum absolute atomic E-state index is 11.6. The van der Waals surface area contributed by atoms with Crippen LogP contribution >= 0.6 is 0 Å². The lowest BCUT2D eigenvalue weighted by atomic mass is 10.2. The number of carbonyl (C=O) groups excluding carboxylic acids is 1. The molecule has 3 N–H and O–H groups in total. The Bertz CT molecular complexity index is 386. The van der Waals surface area contributed by atoms with Crippen molar-refractivity contribution in [1.29, 1.82) is 0 Å². The smallest absolute Gasteiger partial charge is 0.319 e. The molecule has 1 saturated heterocycles. The van der Waals surface area contributed by atoms with Gasteiger partial charge in [0.15, 0.2) is 0 Å². The molecule has 1 unspecified atom stereocenters. The molecule has 1 aromatic carbocycles. The molecule has 0 saturated carbocycles. The lowest BCUT2D eigenvalue weighted by Gasteiger charge is -2.23. The van der Waals surface area contributed by atoms with Crippen LogP contribution in [-0.2, 0) is 4.74 Å². The van der Waals surface area contributed by atoms with Gasteiger partial charge in [0, 0.05) is 24.8 Å². The molecular formula is C13H19N3O2. The number of anilines is 1. The van der Waals surface area contributed by atoms with Crippen molar-refractivity contribution >= 4 is 11.7 Å². The van der Waals surface area contributed by atoms with Gasteiger partial charge in [-0.25, -0.2) is 4.79 Å². The zero-order valence-electron chi connectivity index (χ0n) is 10.5. The summed E-state index contributed by atoms with van der Waals surface area (Å²) in [7, 11) is 0. The van der Waals surface area contributed by atoms with Gasteiger partial charge in [0.1, 0.15) is 0 Å². The topological polar surface area (TPSA) is 62.4 Å². The van der Waals surface area contributed by atoms with Crippen LogP contribution in [0.3, 0.4) is 0 Å². The third-order valence-electron chi connectivity index (χ3n) is 2.82. The molecule has 0 aliphatic carbocycles. The highest BCUT2D eigenvalue weighted by Gasteiger charge is 2.13. The van der Waals surface area contributed by atoms with E-state index in [1.165, 1.54) is 5.56 Å². The van der Waals surface area contributed by atoms with E-state index in [1.54, 1.807) is 0 Å². The van der Waals surface area contributed by atoms with E-state index in [0.717, 1.165) is 18.8 Å². The molecule has 0 bridgehead atoms. The van der Waals surface area contributed by atoms with Crippen LogP contribution in [0, 0.1) is 6.92 Å². The fraction of sp³-hybridized carbons (Fsp3) is 0.462. The fourth-order valence-corrected chi connectivity index (χ4v) is 1.78. The van der Waals surface area contributed by atoms with E-state index in [4.69, 9.17) is 4.74 Å². The van der Waals surface area contributed by atoms with Crippen LogP contribution in [0.2, 0.25) is 0 Å². The molecule has 5 nitrogen and oxygen atoms in total. The summed E-state index contributed by atoms with van der Waals surface area (Å²) in [5.74, 6) is 0. The molecule has 0 aromatic heterocycles. The van der Waals surface area contributed by atoms with Gasteiger partial charge in [0.25, 0.3) is 0 Å². The van der Waals surface area contributed by atoms with Gasteiger partial charge in [-0.05, 0) is 19.1 Å². The van der Waals surface area contributed by atoms with Gasteiger partial charge in [-0.15, -0.1) is 0 Å². The van der Waals surface area contributed by atoms with Crippen LogP contribution in [-0.4, -0.2) is 38.4 Å². The maximum atomic E-state index is 11.6. The molecule has 1 aliphatic heterocycles. The number of ether oxygens (including phenoxy) is 1. The van der Waals surface area contributed by atoms with E-state index < -0.39 is 0 Å². The number of rotatable bonds is 3. The summed E-state index contributed by atoms with van der Waals surface area (Å²) in [6, 6.07) is 7.71. The van der Waals surface area contributed by atoms with Crippen molar-refractivity contribution in [2.75, 3.05) is 31.6 Å². The van der Waals surface area contributed by atoms with Crippen LogP contribution in [0.25, 0.3) is 0 Å². The molecule has 98 valence electrons. The second kappa shape index (κ2) is 6.37. The molecular weight excluding hydrogens is 230 g/mol. The minimum Gasteiger partial charge on any atom is -0.378 e. The van der Waals surface area contributed by atoms with Gasteiger partial charge in [-0.3, -0.25) is 0 Å². The number of benzene rings is 1. The molecule has 1 fully saturated rings. The zero-order valence-corrected chi connectivity index (χ0v) is 10.5. The summed E-state index contributed by atoms with van der Waals surface area (Å²) in [6.07, 6.45) is 0. The lowest BCUT2D eigenvalue weighted by molar-refractivity contribution is 0.0776. The first-order chi connectivity index (χ1) is 8.74. The predicted octanol–water partition coefficient (Wildman–Crippen LogP) is 1.10. The van der Waals surface area contributed by atoms with E-state index in [9.17, 15) is 4.79 Å². The van der Waals surface area contributed by atoms with Crippen molar-refractivity contribution < 1.29 is 9.53 Å². The molecule has 5 heteroatoms. The Morgan fingerprint density at radius 3 is 2.89 bits per heavy atom. The Morgan fingerprint density at radius 2 is 2.22 bits per heavy atom.